The summed E-state index contributed by atoms with van der Waals surface area (Å²) in [4.78, 5) is 10.9. The smallest absolute Gasteiger partial charge is 0.170 e. The van der Waals surface area contributed by atoms with E-state index in [-0.39, 0.29) is 6.61 Å². The van der Waals surface area contributed by atoms with Gasteiger partial charge in [0.1, 0.15) is 18.2 Å². The summed E-state index contributed by atoms with van der Waals surface area (Å²) in [5.74, 6) is 1.93. The summed E-state index contributed by atoms with van der Waals surface area (Å²) in [5.41, 5.74) is 0.345. The lowest BCUT2D eigenvalue weighted by atomic mass is 10.2. The summed E-state index contributed by atoms with van der Waals surface area (Å²) in [6.45, 7) is 2.09. The van der Waals surface area contributed by atoms with Gasteiger partial charge in [0.05, 0.1) is 10.6 Å². The Morgan fingerprint density at radius 2 is 2.22 bits per heavy atom. The monoisotopic (exact) mass is 265 g/mol. The number of hydrogen-bond donors (Lipinski definition) is 0. The summed E-state index contributed by atoms with van der Waals surface area (Å²) in [7, 11) is 1.85. The second-order valence-electron chi connectivity index (χ2n) is 3.78. The number of carbonyl (C=O) groups excluding carboxylic acids is 1. The molecule has 0 bridgehead atoms. The van der Waals surface area contributed by atoms with Crippen molar-refractivity contribution in [2.45, 2.75) is 13.5 Å². The summed E-state index contributed by atoms with van der Waals surface area (Å²) in [5, 5.41) is 8.27. The van der Waals surface area contributed by atoms with Crippen molar-refractivity contribution in [3.63, 3.8) is 0 Å². The Kier molecular flexibility index (Phi) is 3.62. The van der Waals surface area contributed by atoms with Crippen LogP contribution in [0, 0.1) is 6.92 Å². The highest BCUT2D eigenvalue weighted by molar-refractivity contribution is 6.33. The van der Waals surface area contributed by atoms with Crippen LogP contribution in [-0.2, 0) is 13.7 Å². The molecule has 0 amide bonds. The van der Waals surface area contributed by atoms with Gasteiger partial charge in [-0.2, -0.15) is 0 Å². The van der Waals surface area contributed by atoms with Gasteiger partial charge in [0, 0.05) is 7.05 Å². The van der Waals surface area contributed by atoms with Crippen molar-refractivity contribution >= 4 is 17.9 Å². The molecule has 0 aliphatic carbocycles. The third kappa shape index (κ3) is 2.36. The Balaban J connectivity index is 2.18. The average molecular weight is 266 g/mol. The SMILES string of the molecule is Cc1nnc(COc2cccc(Cl)c2C=O)n1C. The molecule has 0 fully saturated rings. The summed E-state index contributed by atoms with van der Waals surface area (Å²) in [6.07, 6.45) is 0.680. The van der Waals surface area contributed by atoms with Crippen molar-refractivity contribution in [3.05, 3.63) is 40.4 Å². The zero-order chi connectivity index (χ0) is 13.1. The van der Waals surface area contributed by atoms with Gasteiger partial charge in [-0.15, -0.1) is 10.2 Å². The molecule has 2 rings (SSSR count). The molecule has 0 aliphatic heterocycles. The number of aryl methyl sites for hydroxylation is 1. The summed E-state index contributed by atoms with van der Waals surface area (Å²) in [6, 6.07) is 5.07. The summed E-state index contributed by atoms with van der Waals surface area (Å²) >= 11 is 5.90. The fourth-order valence-corrected chi connectivity index (χ4v) is 1.69. The maximum Gasteiger partial charge on any atom is 0.170 e. The van der Waals surface area contributed by atoms with Crippen molar-refractivity contribution in [1.29, 1.82) is 0 Å². The standard InChI is InChI=1S/C12H12ClN3O2/c1-8-14-15-12(16(8)2)7-18-11-5-3-4-10(13)9(11)6-17/h3-6H,7H2,1-2H3. The predicted molar refractivity (Wildman–Crippen MR) is 66.9 cm³/mol. The van der Waals surface area contributed by atoms with Crippen LogP contribution in [0.1, 0.15) is 22.0 Å². The molecule has 1 heterocycles. The molecular weight excluding hydrogens is 254 g/mol. The van der Waals surface area contributed by atoms with E-state index in [1.54, 1.807) is 18.2 Å². The molecule has 2 aromatic rings. The molecular formula is C12H12ClN3O2. The van der Waals surface area contributed by atoms with Crippen LogP contribution in [0.3, 0.4) is 0 Å². The first-order chi connectivity index (χ1) is 8.63. The molecule has 6 heteroatoms. The second-order valence-corrected chi connectivity index (χ2v) is 4.19. The van der Waals surface area contributed by atoms with E-state index < -0.39 is 0 Å². The Morgan fingerprint density at radius 1 is 1.44 bits per heavy atom. The Morgan fingerprint density at radius 3 is 2.83 bits per heavy atom. The maximum atomic E-state index is 10.9. The zero-order valence-corrected chi connectivity index (χ0v) is 10.8. The molecule has 1 aromatic heterocycles. The zero-order valence-electron chi connectivity index (χ0n) is 10.1. The first-order valence-electron chi connectivity index (χ1n) is 5.35. The van der Waals surface area contributed by atoms with E-state index in [1.165, 1.54) is 0 Å². The Bertz CT molecular complexity index is 581. The molecule has 5 nitrogen and oxygen atoms in total. The van der Waals surface area contributed by atoms with E-state index in [9.17, 15) is 4.79 Å². The number of benzene rings is 1. The van der Waals surface area contributed by atoms with Gasteiger partial charge in [-0.25, -0.2) is 0 Å². The van der Waals surface area contributed by atoms with Gasteiger partial charge in [0.2, 0.25) is 0 Å². The fourth-order valence-electron chi connectivity index (χ4n) is 1.48. The van der Waals surface area contributed by atoms with Gasteiger partial charge >= 0.3 is 0 Å². The van der Waals surface area contributed by atoms with Gasteiger partial charge in [-0.3, -0.25) is 4.79 Å². The Labute approximate surface area is 109 Å². The van der Waals surface area contributed by atoms with E-state index in [0.717, 1.165) is 5.82 Å². The number of hydrogen-bond acceptors (Lipinski definition) is 4. The lowest BCUT2D eigenvalue weighted by Gasteiger charge is -2.08. The number of nitrogens with zero attached hydrogens (tertiary/aromatic N) is 3. The molecule has 18 heavy (non-hydrogen) atoms. The van der Waals surface area contributed by atoms with Gasteiger partial charge in [0.25, 0.3) is 0 Å². The third-order valence-electron chi connectivity index (χ3n) is 2.67. The number of rotatable bonds is 4. The van der Waals surface area contributed by atoms with Crippen molar-refractivity contribution in [2.75, 3.05) is 0 Å². The minimum Gasteiger partial charge on any atom is -0.485 e. The van der Waals surface area contributed by atoms with E-state index >= 15 is 0 Å². The quantitative estimate of drug-likeness (QED) is 0.795. The number of ether oxygens (including phenoxy) is 1. The van der Waals surface area contributed by atoms with Crippen LogP contribution in [0.4, 0.5) is 0 Å². The highest BCUT2D eigenvalue weighted by Crippen LogP contribution is 2.25. The van der Waals surface area contributed by atoms with E-state index in [2.05, 4.69) is 10.2 Å². The van der Waals surface area contributed by atoms with Crippen molar-refractivity contribution in [1.82, 2.24) is 14.8 Å². The number of aldehydes is 1. The van der Waals surface area contributed by atoms with E-state index in [1.807, 2.05) is 18.5 Å². The lowest BCUT2D eigenvalue weighted by molar-refractivity contribution is 0.111. The molecule has 0 spiro atoms. The van der Waals surface area contributed by atoms with E-state index in [4.69, 9.17) is 16.3 Å². The molecule has 0 unspecified atom stereocenters. The van der Waals surface area contributed by atoms with Crippen molar-refractivity contribution in [2.24, 2.45) is 7.05 Å². The summed E-state index contributed by atoms with van der Waals surface area (Å²) < 4.78 is 7.37. The number of aromatic nitrogens is 3. The van der Waals surface area contributed by atoms with Crippen LogP contribution in [0.2, 0.25) is 5.02 Å². The molecule has 0 radical (unpaired) electrons. The van der Waals surface area contributed by atoms with Crippen LogP contribution < -0.4 is 4.74 Å². The molecule has 0 aliphatic rings. The van der Waals surface area contributed by atoms with Gasteiger partial charge < -0.3 is 9.30 Å². The molecule has 1 aromatic carbocycles. The average Bonchev–Trinajstić information content (AvgIpc) is 2.68. The molecule has 0 saturated carbocycles. The minimum atomic E-state index is 0.235. The van der Waals surface area contributed by atoms with Gasteiger partial charge in [-0.05, 0) is 19.1 Å². The molecule has 0 atom stereocenters. The number of halogens is 1. The largest absolute Gasteiger partial charge is 0.485 e. The molecule has 0 saturated heterocycles. The second kappa shape index (κ2) is 5.18. The van der Waals surface area contributed by atoms with Crippen LogP contribution in [0.5, 0.6) is 5.75 Å². The molecule has 0 N–H and O–H groups in total. The normalized spacial score (nSPS) is 10.4. The van der Waals surface area contributed by atoms with Crippen molar-refractivity contribution < 1.29 is 9.53 Å². The first kappa shape index (κ1) is 12.6. The van der Waals surface area contributed by atoms with Crippen LogP contribution in [0.25, 0.3) is 0 Å². The fraction of sp³-hybridized carbons (Fsp3) is 0.250. The first-order valence-corrected chi connectivity index (χ1v) is 5.72. The van der Waals surface area contributed by atoms with Gasteiger partial charge in [-0.1, -0.05) is 17.7 Å². The van der Waals surface area contributed by atoms with Gasteiger partial charge in [0.15, 0.2) is 12.1 Å². The number of carbonyl (C=O) groups is 1. The third-order valence-corrected chi connectivity index (χ3v) is 3.00. The maximum absolute atomic E-state index is 10.9. The topological polar surface area (TPSA) is 57.0 Å². The highest BCUT2D eigenvalue weighted by atomic mass is 35.5. The van der Waals surface area contributed by atoms with E-state index in [0.29, 0.717) is 28.4 Å². The minimum absolute atomic E-state index is 0.235. The van der Waals surface area contributed by atoms with Crippen LogP contribution in [-0.4, -0.2) is 21.1 Å². The molecule has 94 valence electrons. The highest BCUT2D eigenvalue weighted by Gasteiger charge is 2.10. The van der Waals surface area contributed by atoms with Crippen molar-refractivity contribution in [3.8, 4) is 5.75 Å². The lowest BCUT2D eigenvalue weighted by Crippen LogP contribution is -2.05. The van der Waals surface area contributed by atoms with Crippen LogP contribution >= 0.6 is 11.6 Å². The predicted octanol–water partition coefficient (Wildman–Crippen LogP) is 2.17. The Hall–Kier alpha value is -1.88. The van der Waals surface area contributed by atoms with Crippen LogP contribution in [0.15, 0.2) is 18.2 Å².